The Kier molecular flexibility index (Phi) is 5.98. The Labute approximate surface area is 111 Å². The van der Waals surface area contributed by atoms with E-state index in [1.54, 1.807) is 12.1 Å². The highest BCUT2D eigenvalue weighted by atomic mass is 16.3. The van der Waals surface area contributed by atoms with Gasteiger partial charge in [-0.3, -0.25) is 9.59 Å². The molecule has 2 amide bonds. The number of aryl methyl sites for hydroxylation is 1. The fraction of sp³-hybridized carbons (Fsp3) is 0.385. The Morgan fingerprint density at radius 1 is 1.16 bits per heavy atom. The molecule has 0 atom stereocenters. The van der Waals surface area contributed by atoms with Gasteiger partial charge in [0.2, 0.25) is 5.91 Å². The Morgan fingerprint density at radius 3 is 2.26 bits per heavy atom. The molecule has 1 aromatic carbocycles. The molecule has 6 heteroatoms. The maximum atomic E-state index is 11.7. The van der Waals surface area contributed by atoms with Crippen LogP contribution in [0, 0.1) is 6.92 Å². The van der Waals surface area contributed by atoms with Gasteiger partial charge in [0.1, 0.15) is 0 Å². The first kappa shape index (κ1) is 15.1. The number of carbonyl (C=O) groups is 2. The standard InChI is InChI=1S/C13H18N2O4/c1-9-2-4-10(5-3-9)13(19)14-6-12(18)15-11(7-16)8-17/h2-5,11,16-17H,6-8H2,1H3,(H,14,19)(H,15,18). The highest BCUT2D eigenvalue weighted by Gasteiger charge is 2.11. The molecule has 1 rings (SSSR count). The normalized spacial score (nSPS) is 10.3. The lowest BCUT2D eigenvalue weighted by molar-refractivity contribution is -0.121. The molecule has 0 aliphatic heterocycles. The number of aliphatic hydroxyl groups is 2. The number of amides is 2. The van der Waals surface area contributed by atoms with Crippen LogP contribution in [0.3, 0.4) is 0 Å². The molecule has 19 heavy (non-hydrogen) atoms. The van der Waals surface area contributed by atoms with Crippen molar-refractivity contribution in [2.45, 2.75) is 13.0 Å². The van der Waals surface area contributed by atoms with Crippen molar-refractivity contribution < 1.29 is 19.8 Å². The van der Waals surface area contributed by atoms with Gasteiger partial charge in [0.25, 0.3) is 5.91 Å². The molecule has 0 aliphatic carbocycles. The summed E-state index contributed by atoms with van der Waals surface area (Å²) < 4.78 is 0. The van der Waals surface area contributed by atoms with Crippen molar-refractivity contribution in [3.8, 4) is 0 Å². The van der Waals surface area contributed by atoms with E-state index in [9.17, 15) is 9.59 Å². The van der Waals surface area contributed by atoms with Crippen molar-refractivity contribution in [3.63, 3.8) is 0 Å². The SMILES string of the molecule is Cc1ccc(C(=O)NCC(=O)NC(CO)CO)cc1. The van der Waals surface area contributed by atoms with Crippen molar-refractivity contribution in [1.29, 1.82) is 0 Å². The highest BCUT2D eigenvalue weighted by molar-refractivity contribution is 5.96. The fourth-order valence-electron chi connectivity index (χ4n) is 1.40. The molecular formula is C13H18N2O4. The van der Waals surface area contributed by atoms with Gasteiger partial charge in [0, 0.05) is 5.56 Å². The summed E-state index contributed by atoms with van der Waals surface area (Å²) in [5.74, 6) is -0.812. The van der Waals surface area contributed by atoms with Gasteiger partial charge in [-0.2, -0.15) is 0 Å². The third kappa shape index (κ3) is 5.07. The second-order valence-corrected chi connectivity index (χ2v) is 4.18. The number of carbonyl (C=O) groups excluding carboxylic acids is 2. The van der Waals surface area contributed by atoms with Crippen LogP contribution in [0.4, 0.5) is 0 Å². The number of rotatable bonds is 6. The van der Waals surface area contributed by atoms with Crippen LogP contribution in [0.1, 0.15) is 15.9 Å². The van der Waals surface area contributed by atoms with Crippen LogP contribution >= 0.6 is 0 Å². The van der Waals surface area contributed by atoms with Crippen molar-refractivity contribution in [2.75, 3.05) is 19.8 Å². The molecule has 0 aliphatic rings. The molecule has 0 fully saturated rings. The second-order valence-electron chi connectivity index (χ2n) is 4.18. The average molecular weight is 266 g/mol. The minimum absolute atomic E-state index is 0.205. The van der Waals surface area contributed by atoms with Crippen LogP contribution in [0.25, 0.3) is 0 Å². The monoisotopic (exact) mass is 266 g/mol. The molecule has 0 saturated heterocycles. The van der Waals surface area contributed by atoms with E-state index in [4.69, 9.17) is 10.2 Å². The summed E-state index contributed by atoms with van der Waals surface area (Å²) in [6.07, 6.45) is 0. The van der Waals surface area contributed by atoms with E-state index in [1.165, 1.54) is 0 Å². The summed E-state index contributed by atoms with van der Waals surface area (Å²) >= 11 is 0. The Morgan fingerprint density at radius 2 is 1.74 bits per heavy atom. The van der Waals surface area contributed by atoms with Crippen LogP contribution in [0.15, 0.2) is 24.3 Å². The van der Waals surface area contributed by atoms with E-state index in [1.807, 2.05) is 19.1 Å². The van der Waals surface area contributed by atoms with Crippen LogP contribution in [0.2, 0.25) is 0 Å². The van der Waals surface area contributed by atoms with E-state index in [0.29, 0.717) is 5.56 Å². The highest BCUT2D eigenvalue weighted by Crippen LogP contribution is 2.02. The van der Waals surface area contributed by atoms with Crippen LogP contribution in [0.5, 0.6) is 0 Å². The Bertz CT molecular complexity index is 427. The van der Waals surface area contributed by atoms with Gasteiger partial charge < -0.3 is 20.8 Å². The predicted octanol–water partition coefficient (Wildman–Crippen LogP) is -0.806. The van der Waals surface area contributed by atoms with Gasteiger partial charge in [-0.25, -0.2) is 0 Å². The van der Waals surface area contributed by atoms with Crippen molar-refractivity contribution >= 4 is 11.8 Å². The largest absolute Gasteiger partial charge is 0.394 e. The lowest BCUT2D eigenvalue weighted by Gasteiger charge is -2.13. The first-order chi connectivity index (χ1) is 9.06. The van der Waals surface area contributed by atoms with Gasteiger partial charge >= 0.3 is 0 Å². The van der Waals surface area contributed by atoms with Crippen molar-refractivity contribution in [2.24, 2.45) is 0 Å². The maximum Gasteiger partial charge on any atom is 0.251 e. The van der Waals surface area contributed by atoms with E-state index in [-0.39, 0.29) is 25.7 Å². The molecule has 0 saturated carbocycles. The zero-order valence-corrected chi connectivity index (χ0v) is 10.7. The molecule has 1 aromatic rings. The lowest BCUT2D eigenvalue weighted by Crippen LogP contribution is -2.45. The maximum absolute atomic E-state index is 11.7. The summed E-state index contributed by atoms with van der Waals surface area (Å²) in [4.78, 5) is 23.1. The molecule has 0 radical (unpaired) electrons. The third-order valence-electron chi connectivity index (χ3n) is 2.53. The van der Waals surface area contributed by atoms with Gasteiger partial charge in [0.15, 0.2) is 0 Å². The van der Waals surface area contributed by atoms with Gasteiger partial charge in [-0.15, -0.1) is 0 Å². The van der Waals surface area contributed by atoms with Gasteiger partial charge in [-0.1, -0.05) is 17.7 Å². The molecule has 104 valence electrons. The second kappa shape index (κ2) is 7.50. The van der Waals surface area contributed by atoms with Gasteiger partial charge in [0.05, 0.1) is 25.8 Å². The molecule has 0 bridgehead atoms. The molecule has 4 N–H and O–H groups in total. The summed E-state index contributed by atoms with van der Waals surface area (Å²) in [5, 5.41) is 22.4. The first-order valence-electron chi connectivity index (χ1n) is 5.92. The first-order valence-corrected chi connectivity index (χ1v) is 5.92. The Hall–Kier alpha value is -1.92. The van der Waals surface area contributed by atoms with Crippen molar-refractivity contribution in [1.82, 2.24) is 10.6 Å². The van der Waals surface area contributed by atoms with E-state index in [2.05, 4.69) is 10.6 Å². The van der Waals surface area contributed by atoms with E-state index < -0.39 is 11.9 Å². The van der Waals surface area contributed by atoms with Crippen LogP contribution in [-0.4, -0.2) is 47.8 Å². The summed E-state index contributed by atoms with van der Waals surface area (Å²) in [6.45, 7) is 1.00. The molecule has 0 aromatic heterocycles. The van der Waals surface area contributed by atoms with Gasteiger partial charge in [-0.05, 0) is 19.1 Å². The molecule has 0 heterocycles. The van der Waals surface area contributed by atoms with E-state index in [0.717, 1.165) is 5.56 Å². The number of hydrogen-bond donors (Lipinski definition) is 4. The predicted molar refractivity (Wildman–Crippen MR) is 69.6 cm³/mol. The molecule has 0 unspecified atom stereocenters. The smallest absolute Gasteiger partial charge is 0.251 e. The number of benzene rings is 1. The van der Waals surface area contributed by atoms with Crippen LogP contribution in [-0.2, 0) is 4.79 Å². The number of nitrogens with one attached hydrogen (secondary N) is 2. The summed E-state index contributed by atoms with van der Waals surface area (Å²) in [7, 11) is 0. The zero-order valence-electron chi connectivity index (χ0n) is 10.7. The Balaban J connectivity index is 2.41. The molecular weight excluding hydrogens is 248 g/mol. The minimum atomic E-state index is -0.705. The molecule has 0 spiro atoms. The molecule has 6 nitrogen and oxygen atoms in total. The summed E-state index contributed by atoms with van der Waals surface area (Å²) in [5.41, 5.74) is 1.52. The lowest BCUT2D eigenvalue weighted by atomic mass is 10.1. The quantitative estimate of drug-likeness (QED) is 0.541. The minimum Gasteiger partial charge on any atom is -0.394 e. The number of aliphatic hydroxyl groups excluding tert-OH is 2. The third-order valence-corrected chi connectivity index (χ3v) is 2.53. The summed E-state index contributed by atoms with van der Waals surface area (Å²) in [6, 6.07) is 6.26. The van der Waals surface area contributed by atoms with E-state index >= 15 is 0 Å². The number of hydrogen-bond acceptors (Lipinski definition) is 4. The fourth-order valence-corrected chi connectivity index (χ4v) is 1.40. The average Bonchev–Trinajstić information content (AvgIpc) is 2.43. The zero-order chi connectivity index (χ0) is 14.3. The topological polar surface area (TPSA) is 98.7 Å². The van der Waals surface area contributed by atoms with Crippen molar-refractivity contribution in [3.05, 3.63) is 35.4 Å². The van der Waals surface area contributed by atoms with Crippen LogP contribution < -0.4 is 10.6 Å².